The smallest absolute Gasteiger partial charge is 0.307 e. The number of amides is 2. The minimum atomic E-state index is -0.894. The third-order valence-electron chi connectivity index (χ3n) is 3.55. The second-order valence-corrected chi connectivity index (χ2v) is 6.39. The van der Waals surface area contributed by atoms with Crippen molar-refractivity contribution in [1.82, 2.24) is 4.90 Å². The van der Waals surface area contributed by atoms with Gasteiger partial charge in [-0.3, -0.25) is 14.4 Å². The lowest BCUT2D eigenvalue weighted by Crippen LogP contribution is -2.44. The molecule has 1 unspecified atom stereocenters. The van der Waals surface area contributed by atoms with Crippen LogP contribution in [-0.2, 0) is 20.8 Å². The van der Waals surface area contributed by atoms with E-state index in [0.29, 0.717) is 29.3 Å². The first-order valence-corrected chi connectivity index (χ1v) is 8.65. The third-order valence-corrected chi connectivity index (χ3v) is 4.56. The monoisotopic (exact) mass is 336 g/mol. The summed E-state index contributed by atoms with van der Waals surface area (Å²) in [5, 5.41) is 11.5. The first-order valence-electron chi connectivity index (χ1n) is 7.50. The summed E-state index contributed by atoms with van der Waals surface area (Å²) < 4.78 is 0. The lowest BCUT2D eigenvalue weighted by atomic mass is 10.1. The van der Waals surface area contributed by atoms with E-state index in [1.807, 2.05) is 6.92 Å². The first-order chi connectivity index (χ1) is 11.0. The Morgan fingerprint density at radius 2 is 2.00 bits per heavy atom. The van der Waals surface area contributed by atoms with E-state index in [2.05, 4.69) is 5.32 Å². The third kappa shape index (κ3) is 4.72. The van der Waals surface area contributed by atoms with Crippen LogP contribution in [0.4, 0.5) is 5.69 Å². The quantitative estimate of drug-likeness (QED) is 0.829. The van der Waals surface area contributed by atoms with Crippen LogP contribution in [0.25, 0.3) is 0 Å². The van der Waals surface area contributed by atoms with Crippen molar-refractivity contribution >= 4 is 35.2 Å². The minimum Gasteiger partial charge on any atom is -0.481 e. The molecule has 1 aliphatic heterocycles. The number of benzene rings is 1. The maximum atomic E-state index is 12.4. The minimum absolute atomic E-state index is 0.00876. The molecule has 1 fully saturated rings. The number of carboxylic acids is 1. The van der Waals surface area contributed by atoms with Gasteiger partial charge in [0.2, 0.25) is 11.8 Å². The zero-order valence-electron chi connectivity index (χ0n) is 12.9. The summed E-state index contributed by atoms with van der Waals surface area (Å²) in [4.78, 5) is 36.7. The van der Waals surface area contributed by atoms with Crippen LogP contribution in [0.3, 0.4) is 0 Å². The molecule has 2 rings (SSSR count). The van der Waals surface area contributed by atoms with Crippen molar-refractivity contribution in [3.05, 3.63) is 29.8 Å². The molecular formula is C16H20N2O4S. The highest BCUT2D eigenvalue weighted by molar-refractivity contribution is 7.99. The topological polar surface area (TPSA) is 86.7 Å². The van der Waals surface area contributed by atoms with E-state index in [9.17, 15) is 14.4 Å². The van der Waals surface area contributed by atoms with Crippen molar-refractivity contribution in [2.45, 2.75) is 32.2 Å². The van der Waals surface area contributed by atoms with E-state index < -0.39 is 12.0 Å². The van der Waals surface area contributed by atoms with Gasteiger partial charge in [-0.05, 0) is 24.1 Å². The van der Waals surface area contributed by atoms with Crippen molar-refractivity contribution in [3.8, 4) is 0 Å². The Labute approximate surface area is 139 Å². The van der Waals surface area contributed by atoms with Gasteiger partial charge in [0.05, 0.1) is 12.3 Å². The number of hydrogen-bond acceptors (Lipinski definition) is 4. The fourth-order valence-corrected chi connectivity index (χ4v) is 3.55. The molecule has 1 saturated heterocycles. The highest BCUT2D eigenvalue weighted by Crippen LogP contribution is 2.23. The molecule has 0 spiro atoms. The van der Waals surface area contributed by atoms with Crippen LogP contribution in [0, 0.1) is 0 Å². The van der Waals surface area contributed by atoms with Gasteiger partial charge >= 0.3 is 5.97 Å². The second kappa shape index (κ2) is 8.01. The largest absolute Gasteiger partial charge is 0.481 e. The van der Waals surface area contributed by atoms with Gasteiger partial charge < -0.3 is 15.3 Å². The van der Waals surface area contributed by atoms with E-state index in [-0.39, 0.29) is 18.2 Å². The Morgan fingerprint density at radius 1 is 1.30 bits per heavy atom. The number of carboxylic acid groups (broad SMARTS) is 1. The Morgan fingerprint density at radius 3 is 2.61 bits per heavy atom. The van der Waals surface area contributed by atoms with Crippen LogP contribution >= 0.6 is 11.8 Å². The molecule has 0 saturated carbocycles. The Hall–Kier alpha value is -2.02. The van der Waals surface area contributed by atoms with Crippen LogP contribution in [0.1, 0.15) is 25.3 Å². The summed E-state index contributed by atoms with van der Waals surface area (Å²) in [5.74, 6) is 0.0575. The van der Waals surface area contributed by atoms with Crippen LogP contribution < -0.4 is 5.32 Å². The summed E-state index contributed by atoms with van der Waals surface area (Å²) in [6.45, 7) is 1.94. The number of carbonyl (C=O) groups excluding carboxylic acids is 2. The van der Waals surface area contributed by atoms with Crippen molar-refractivity contribution in [3.63, 3.8) is 0 Å². The highest BCUT2D eigenvalue weighted by Gasteiger charge is 2.34. The van der Waals surface area contributed by atoms with Crippen molar-refractivity contribution in [1.29, 1.82) is 0 Å². The number of hydrogen-bond donors (Lipinski definition) is 2. The van der Waals surface area contributed by atoms with Gasteiger partial charge in [-0.2, -0.15) is 0 Å². The zero-order chi connectivity index (χ0) is 16.8. The number of nitrogens with zero attached hydrogens (tertiary/aromatic N) is 1. The molecule has 23 heavy (non-hydrogen) atoms. The summed E-state index contributed by atoms with van der Waals surface area (Å²) in [7, 11) is 0. The molecule has 2 amide bonds. The number of nitrogens with one attached hydrogen (secondary N) is 1. The first kappa shape index (κ1) is 17.3. The lowest BCUT2D eigenvalue weighted by Gasteiger charge is -2.23. The fourth-order valence-electron chi connectivity index (χ4n) is 2.37. The van der Waals surface area contributed by atoms with E-state index >= 15 is 0 Å². The average molecular weight is 336 g/mol. The molecule has 0 radical (unpaired) electrons. The predicted molar refractivity (Wildman–Crippen MR) is 89.3 cm³/mol. The highest BCUT2D eigenvalue weighted by atomic mass is 32.2. The molecule has 1 atom stereocenters. The molecular weight excluding hydrogens is 316 g/mol. The van der Waals surface area contributed by atoms with Gasteiger partial charge in [0, 0.05) is 17.9 Å². The Bertz CT molecular complexity index is 588. The van der Waals surface area contributed by atoms with Gasteiger partial charge in [-0.1, -0.05) is 19.1 Å². The van der Waals surface area contributed by atoms with Crippen molar-refractivity contribution in [2.75, 3.05) is 16.9 Å². The Kier molecular flexibility index (Phi) is 6.04. The molecule has 6 nitrogen and oxygen atoms in total. The van der Waals surface area contributed by atoms with Crippen molar-refractivity contribution in [2.24, 2.45) is 0 Å². The van der Waals surface area contributed by atoms with Gasteiger partial charge in [0.25, 0.3) is 0 Å². The lowest BCUT2D eigenvalue weighted by molar-refractivity contribution is -0.136. The number of anilines is 1. The molecule has 0 aromatic heterocycles. The fraction of sp³-hybridized carbons (Fsp3) is 0.438. The van der Waals surface area contributed by atoms with Crippen LogP contribution in [0.15, 0.2) is 24.3 Å². The van der Waals surface area contributed by atoms with Gasteiger partial charge in [0.1, 0.15) is 6.04 Å². The SMILES string of the molecule is CCCC(=O)N1CSCC1C(=O)Nc1ccc(CC(=O)O)cc1. The second-order valence-electron chi connectivity index (χ2n) is 5.39. The van der Waals surface area contributed by atoms with Crippen LogP contribution in [0.5, 0.6) is 0 Å². The molecule has 0 aliphatic carbocycles. The van der Waals surface area contributed by atoms with E-state index in [1.165, 1.54) is 0 Å². The maximum Gasteiger partial charge on any atom is 0.307 e. The number of thioether (sulfide) groups is 1. The summed E-state index contributed by atoms with van der Waals surface area (Å²) >= 11 is 1.57. The average Bonchev–Trinajstić information content (AvgIpc) is 2.98. The molecule has 1 heterocycles. The van der Waals surface area contributed by atoms with E-state index in [4.69, 9.17) is 5.11 Å². The number of rotatable bonds is 6. The molecule has 7 heteroatoms. The zero-order valence-corrected chi connectivity index (χ0v) is 13.8. The normalized spacial score (nSPS) is 17.1. The molecule has 124 valence electrons. The number of aliphatic carboxylic acids is 1. The molecule has 1 aromatic carbocycles. The van der Waals surface area contributed by atoms with Crippen LogP contribution in [0.2, 0.25) is 0 Å². The maximum absolute atomic E-state index is 12.4. The summed E-state index contributed by atoms with van der Waals surface area (Å²) in [5.41, 5.74) is 1.27. The predicted octanol–water partition coefficient (Wildman–Crippen LogP) is 1.95. The van der Waals surface area contributed by atoms with Gasteiger partial charge in [0.15, 0.2) is 0 Å². The molecule has 0 bridgehead atoms. The van der Waals surface area contributed by atoms with E-state index in [0.717, 1.165) is 6.42 Å². The molecule has 2 N–H and O–H groups in total. The van der Waals surface area contributed by atoms with Crippen molar-refractivity contribution < 1.29 is 19.5 Å². The van der Waals surface area contributed by atoms with E-state index in [1.54, 1.807) is 40.9 Å². The Balaban J connectivity index is 1.97. The molecule has 1 aromatic rings. The standard InChI is InChI=1S/C16H20N2O4S/c1-2-3-14(19)18-10-23-9-13(18)16(22)17-12-6-4-11(5-7-12)8-15(20)21/h4-7,13H,2-3,8-10H2,1H3,(H,17,22)(H,20,21). The van der Waals surface area contributed by atoms with Gasteiger partial charge in [-0.25, -0.2) is 0 Å². The molecule has 1 aliphatic rings. The summed E-state index contributed by atoms with van der Waals surface area (Å²) in [6.07, 6.45) is 1.17. The summed E-state index contributed by atoms with van der Waals surface area (Å²) in [6, 6.07) is 6.26. The number of carbonyl (C=O) groups is 3. The van der Waals surface area contributed by atoms with Crippen LogP contribution in [-0.4, -0.2) is 45.5 Å². The van der Waals surface area contributed by atoms with Gasteiger partial charge in [-0.15, -0.1) is 11.8 Å².